The zero-order valence-corrected chi connectivity index (χ0v) is 8.20. The van der Waals surface area contributed by atoms with Crippen LogP contribution in [0.5, 0.6) is 0 Å². The lowest BCUT2D eigenvalue weighted by molar-refractivity contribution is 0.593. The van der Waals surface area contributed by atoms with Gasteiger partial charge in [0.2, 0.25) is 0 Å². The SMILES string of the molecule is Cc1nc(N)cc(C2CC2)c1F.Cl. The van der Waals surface area contributed by atoms with Crippen molar-refractivity contribution < 1.29 is 4.39 Å². The highest BCUT2D eigenvalue weighted by atomic mass is 35.5. The van der Waals surface area contributed by atoms with E-state index in [9.17, 15) is 4.39 Å². The smallest absolute Gasteiger partial charge is 0.148 e. The molecule has 1 heterocycles. The number of hydrogen-bond donors (Lipinski definition) is 1. The molecule has 72 valence electrons. The van der Waals surface area contributed by atoms with Gasteiger partial charge in [0.25, 0.3) is 0 Å². The monoisotopic (exact) mass is 202 g/mol. The summed E-state index contributed by atoms with van der Waals surface area (Å²) in [6, 6.07) is 1.65. The second-order valence-corrected chi connectivity index (χ2v) is 3.31. The third-order valence-corrected chi connectivity index (χ3v) is 2.19. The van der Waals surface area contributed by atoms with E-state index in [4.69, 9.17) is 5.73 Å². The predicted octanol–water partition coefficient (Wildman–Crippen LogP) is 2.41. The number of rotatable bonds is 1. The van der Waals surface area contributed by atoms with Crippen LogP contribution in [0.2, 0.25) is 0 Å². The molecule has 1 aliphatic rings. The largest absolute Gasteiger partial charge is 0.384 e. The summed E-state index contributed by atoms with van der Waals surface area (Å²) in [5.41, 5.74) is 6.68. The Morgan fingerprint density at radius 1 is 1.54 bits per heavy atom. The molecule has 0 aromatic carbocycles. The van der Waals surface area contributed by atoms with Crippen molar-refractivity contribution in [2.45, 2.75) is 25.7 Å². The number of nitrogen functional groups attached to an aromatic ring is 1. The summed E-state index contributed by atoms with van der Waals surface area (Å²) in [5, 5.41) is 0. The molecule has 13 heavy (non-hydrogen) atoms. The van der Waals surface area contributed by atoms with Crippen molar-refractivity contribution in [1.29, 1.82) is 0 Å². The first-order valence-corrected chi connectivity index (χ1v) is 4.11. The van der Waals surface area contributed by atoms with Gasteiger partial charge in [-0.25, -0.2) is 9.37 Å². The maximum absolute atomic E-state index is 13.4. The molecule has 0 bridgehead atoms. The van der Waals surface area contributed by atoms with Gasteiger partial charge in [-0.2, -0.15) is 0 Å². The van der Waals surface area contributed by atoms with Gasteiger partial charge in [-0.1, -0.05) is 0 Å². The van der Waals surface area contributed by atoms with E-state index in [0.29, 0.717) is 17.4 Å². The van der Waals surface area contributed by atoms with Crippen LogP contribution >= 0.6 is 12.4 Å². The van der Waals surface area contributed by atoms with Crippen molar-refractivity contribution in [2.75, 3.05) is 5.73 Å². The van der Waals surface area contributed by atoms with Gasteiger partial charge < -0.3 is 5.73 Å². The fourth-order valence-electron chi connectivity index (χ4n) is 1.40. The molecule has 0 atom stereocenters. The second kappa shape index (κ2) is 3.50. The Morgan fingerprint density at radius 2 is 2.15 bits per heavy atom. The standard InChI is InChI=1S/C9H11FN2.ClH/c1-5-9(10)7(6-2-3-6)4-8(11)12-5;/h4,6H,2-3H2,1H3,(H2,11,12);1H. The first-order chi connectivity index (χ1) is 5.68. The highest BCUT2D eigenvalue weighted by molar-refractivity contribution is 5.85. The first-order valence-electron chi connectivity index (χ1n) is 4.11. The summed E-state index contributed by atoms with van der Waals surface area (Å²) in [4.78, 5) is 3.85. The number of anilines is 1. The van der Waals surface area contributed by atoms with E-state index in [1.54, 1.807) is 13.0 Å². The summed E-state index contributed by atoms with van der Waals surface area (Å²) < 4.78 is 13.4. The van der Waals surface area contributed by atoms with Crippen LogP contribution in [-0.2, 0) is 0 Å². The van der Waals surface area contributed by atoms with E-state index >= 15 is 0 Å². The Morgan fingerprint density at radius 3 is 2.69 bits per heavy atom. The van der Waals surface area contributed by atoms with E-state index in [1.165, 1.54) is 0 Å². The van der Waals surface area contributed by atoms with E-state index in [2.05, 4.69) is 4.98 Å². The number of nitrogens with zero attached hydrogens (tertiary/aromatic N) is 1. The Kier molecular flexibility index (Phi) is 2.76. The van der Waals surface area contributed by atoms with E-state index in [0.717, 1.165) is 18.4 Å². The van der Waals surface area contributed by atoms with Crippen molar-refractivity contribution in [2.24, 2.45) is 0 Å². The Balaban J connectivity index is 0.000000845. The number of aryl methyl sites for hydroxylation is 1. The lowest BCUT2D eigenvalue weighted by atomic mass is 10.1. The molecule has 1 fully saturated rings. The molecule has 1 aromatic heterocycles. The van der Waals surface area contributed by atoms with Crippen LogP contribution < -0.4 is 5.73 Å². The summed E-state index contributed by atoms with van der Waals surface area (Å²) in [7, 11) is 0. The summed E-state index contributed by atoms with van der Waals surface area (Å²) in [5.74, 6) is 0.650. The van der Waals surface area contributed by atoms with Crippen molar-refractivity contribution in [3.63, 3.8) is 0 Å². The second-order valence-electron chi connectivity index (χ2n) is 3.31. The molecule has 2 nitrogen and oxygen atoms in total. The number of hydrogen-bond acceptors (Lipinski definition) is 2. The zero-order chi connectivity index (χ0) is 8.72. The first kappa shape index (κ1) is 10.3. The number of halogens is 2. The number of pyridine rings is 1. The Hall–Kier alpha value is -0.830. The topological polar surface area (TPSA) is 38.9 Å². The summed E-state index contributed by atoms with van der Waals surface area (Å²) in [6.45, 7) is 1.65. The molecule has 2 N–H and O–H groups in total. The molecular weight excluding hydrogens is 191 g/mol. The fraction of sp³-hybridized carbons (Fsp3) is 0.444. The third-order valence-electron chi connectivity index (χ3n) is 2.19. The van der Waals surface area contributed by atoms with Crippen LogP contribution in [0.15, 0.2) is 6.07 Å². The van der Waals surface area contributed by atoms with Crippen LogP contribution in [0, 0.1) is 12.7 Å². The van der Waals surface area contributed by atoms with Gasteiger partial charge in [0.1, 0.15) is 11.6 Å². The van der Waals surface area contributed by atoms with Gasteiger partial charge in [-0.05, 0) is 37.3 Å². The molecule has 4 heteroatoms. The number of nitrogens with two attached hydrogens (primary N) is 1. The highest BCUT2D eigenvalue weighted by Gasteiger charge is 2.27. The third kappa shape index (κ3) is 1.91. The van der Waals surface area contributed by atoms with E-state index in [-0.39, 0.29) is 18.2 Å². The quantitative estimate of drug-likeness (QED) is 0.760. The van der Waals surface area contributed by atoms with E-state index in [1.807, 2.05) is 0 Å². The van der Waals surface area contributed by atoms with Crippen LogP contribution in [0.25, 0.3) is 0 Å². The van der Waals surface area contributed by atoms with Gasteiger partial charge >= 0.3 is 0 Å². The molecule has 0 saturated heterocycles. The minimum atomic E-state index is -0.174. The molecule has 0 aliphatic heterocycles. The average molecular weight is 203 g/mol. The predicted molar refractivity (Wildman–Crippen MR) is 52.6 cm³/mol. The van der Waals surface area contributed by atoms with Crippen molar-refractivity contribution >= 4 is 18.2 Å². The lowest BCUT2D eigenvalue weighted by Crippen LogP contribution is -1.99. The molecule has 0 spiro atoms. The van der Waals surface area contributed by atoms with Crippen molar-refractivity contribution in [1.82, 2.24) is 4.98 Å². The Labute approximate surface area is 82.8 Å². The minimum Gasteiger partial charge on any atom is -0.384 e. The molecule has 2 rings (SSSR count). The highest BCUT2D eigenvalue weighted by Crippen LogP contribution is 2.41. The van der Waals surface area contributed by atoms with E-state index < -0.39 is 0 Å². The minimum absolute atomic E-state index is 0. The van der Waals surface area contributed by atoms with Crippen LogP contribution in [0.4, 0.5) is 10.2 Å². The maximum Gasteiger partial charge on any atom is 0.148 e. The van der Waals surface area contributed by atoms with Gasteiger partial charge in [-0.15, -0.1) is 12.4 Å². The van der Waals surface area contributed by atoms with Crippen molar-refractivity contribution in [3.8, 4) is 0 Å². The van der Waals surface area contributed by atoms with Crippen LogP contribution in [-0.4, -0.2) is 4.98 Å². The maximum atomic E-state index is 13.4. The Bertz CT molecular complexity index is 324. The van der Waals surface area contributed by atoms with Gasteiger partial charge in [0.05, 0.1) is 5.69 Å². The molecule has 0 radical (unpaired) electrons. The van der Waals surface area contributed by atoms with Gasteiger partial charge in [-0.3, -0.25) is 0 Å². The molecule has 1 aromatic rings. The summed E-state index contributed by atoms with van der Waals surface area (Å²) in [6.07, 6.45) is 2.17. The van der Waals surface area contributed by atoms with Crippen molar-refractivity contribution in [3.05, 3.63) is 23.1 Å². The van der Waals surface area contributed by atoms with Crippen LogP contribution in [0.1, 0.15) is 30.0 Å². The average Bonchev–Trinajstić information content (AvgIpc) is 2.79. The molecule has 0 unspecified atom stereocenters. The molecule has 0 amide bonds. The number of aromatic nitrogens is 1. The lowest BCUT2D eigenvalue weighted by Gasteiger charge is -2.04. The zero-order valence-electron chi connectivity index (χ0n) is 7.38. The molecular formula is C9H12ClFN2. The van der Waals surface area contributed by atoms with Crippen LogP contribution in [0.3, 0.4) is 0 Å². The molecule has 1 saturated carbocycles. The fourth-order valence-corrected chi connectivity index (χ4v) is 1.40. The normalized spacial score (nSPS) is 15.2. The van der Waals surface area contributed by atoms with Gasteiger partial charge in [0, 0.05) is 0 Å². The molecule has 1 aliphatic carbocycles. The van der Waals surface area contributed by atoms with Gasteiger partial charge in [0.15, 0.2) is 0 Å². The summed E-state index contributed by atoms with van der Waals surface area (Å²) >= 11 is 0.